The molecule has 2 atom stereocenters. The first-order valence-corrected chi connectivity index (χ1v) is 10.0. The number of rotatable bonds is 6. The highest BCUT2D eigenvalue weighted by atomic mass is 19.4. The number of amides is 1. The van der Waals surface area contributed by atoms with Gasteiger partial charge in [0.2, 0.25) is 0 Å². The van der Waals surface area contributed by atoms with Crippen molar-refractivity contribution in [3.63, 3.8) is 0 Å². The SMILES string of the molecule is CC(C)Oc1cc(C(F)(F)F)cc(OC[C@H]2C[C@@H](O)CN2C(=O)OC(C)(C)C)c1C(=O)O. The average Bonchev–Trinajstić information content (AvgIpc) is 2.97. The number of aliphatic hydroxyl groups is 1. The van der Waals surface area contributed by atoms with Gasteiger partial charge in [-0.05, 0) is 53.2 Å². The molecule has 0 aromatic heterocycles. The highest BCUT2D eigenvalue weighted by Gasteiger charge is 2.38. The summed E-state index contributed by atoms with van der Waals surface area (Å²) < 4.78 is 56.2. The van der Waals surface area contributed by atoms with Crippen molar-refractivity contribution in [2.24, 2.45) is 0 Å². The summed E-state index contributed by atoms with van der Waals surface area (Å²) >= 11 is 0. The van der Waals surface area contributed by atoms with Crippen LogP contribution in [-0.2, 0) is 10.9 Å². The number of hydrogen-bond acceptors (Lipinski definition) is 6. The highest BCUT2D eigenvalue weighted by Crippen LogP contribution is 2.39. The molecule has 8 nitrogen and oxygen atoms in total. The van der Waals surface area contributed by atoms with E-state index in [9.17, 15) is 33.0 Å². The fraction of sp³-hybridized carbons (Fsp3) is 0.619. The molecule has 180 valence electrons. The number of carboxylic acids is 1. The van der Waals surface area contributed by atoms with Crippen molar-refractivity contribution in [2.45, 2.75) is 71.1 Å². The van der Waals surface area contributed by atoms with Gasteiger partial charge in [-0.25, -0.2) is 9.59 Å². The van der Waals surface area contributed by atoms with E-state index in [0.29, 0.717) is 12.1 Å². The molecule has 1 saturated heterocycles. The molecule has 2 N–H and O–H groups in total. The van der Waals surface area contributed by atoms with Crippen molar-refractivity contribution in [2.75, 3.05) is 13.2 Å². The lowest BCUT2D eigenvalue weighted by Crippen LogP contribution is -2.42. The molecule has 1 heterocycles. The zero-order valence-corrected chi connectivity index (χ0v) is 18.5. The Hall–Kier alpha value is -2.69. The summed E-state index contributed by atoms with van der Waals surface area (Å²) in [5, 5.41) is 19.6. The lowest BCUT2D eigenvalue weighted by atomic mass is 10.1. The molecule has 0 unspecified atom stereocenters. The molecule has 1 fully saturated rings. The molecule has 0 radical (unpaired) electrons. The predicted octanol–water partition coefficient (Wildman–Crippen LogP) is 3.94. The molecular weight excluding hydrogens is 435 g/mol. The van der Waals surface area contributed by atoms with Crippen LogP contribution in [0.2, 0.25) is 0 Å². The minimum atomic E-state index is -4.77. The van der Waals surface area contributed by atoms with Crippen LogP contribution in [0.1, 0.15) is 57.0 Å². The van der Waals surface area contributed by atoms with E-state index in [2.05, 4.69) is 0 Å². The lowest BCUT2D eigenvalue weighted by Gasteiger charge is -2.28. The van der Waals surface area contributed by atoms with E-state index >= 15 is 0 Å². The van der Waals surface area contributed by atoms with Crippen LogP contribution in [0, 0.1) is 0 Å². The second kappa shape index (κ2) is 9.43. The molecule has 32 heavy (non-hydrogen) atoms. The number of carbonyl (C=O) groups is 2. The number of likely N-dealkylation sites (tertiary alicyclic amines) is 1. The number of alkyl halides is 3. The number of carboxylic acid groups (broad SMARTS) is 1. The van der Waals surface area contributed by atoms with Gasteiger partial charge in [-0.2, -0.15) is 13.2 Å². The molecule has 11 heteroatoms. The molecule has 1 aromatic carbocycles. The maximum Gasteiger partial charge on any atom is 0.416 e. The Morgan fingerprint density at radius 1 is 1.19 bits per heavy atom. The molecule has 1 amide bonds. The van der Waals surface area contributed by atoms with Gasteiger partial charge in [0, 0.05) is 0 Å². The first-order valence-electron chi connectivity index (χ1n) is 10.0. The van der Waals surface area contributed by atoms with Crippen LogP contribution in [0.15, 0.2) is 12.1 Å². The quantitative estimate of drug-likeness (QED) is 0.658. The smallest absolute Gasteiger partial charge is 0.416 e. The van der Waals surface area contributed by atoms with Crippen molar-refractivity contribution < 1.29 is 47.2 Å². The molecule has 0 bridgehead atoms. The zero-order chi connectivity index (χ0) is 24.4. The van der Waals surface area contributed by atoms with Crippen molar-refractivity contribution in [1.29, 1.82) is 0 Å². The predicted molar refractivity (Wildman–Crippen MR) is 107 cm³/mol. The van der Waals surface area contributed by atoms with Gasteiger partial charge in [0.15, 0.2) is 0 Å². The third-order valence-corrected chi connectivity index (χ3v) is 4.42. The maximum atomic E-state index is 13.4. The Morgan fingerprint density at radius 2 is 1.78 bits per heavy atom. The minimum absolute atomic E-state index is 0.0426. The second-order valence-electron chi connectivity index (χ2n) is 8.80. The molecule has 1 aromatic rings. The Morgan fingerprint density at radius 3 is 2.28 bits per heavy atom. The van der Waals surface area contributed by atoms with Crippen molar-refractivity contribution in [3.05, 3.63) is 23.3 Å². The summed E-state index contributed by atoms with van der Waals surface area (Å²) in [6.45, 7) is 7.71. The van der Waals surface area contributed by atoms with Gasteiger partial charge in [0.1, 0.15) is 29.3 Å². The summed E-state index contributed by atoms with van der Waals surface area (Å²) in [5.74, 6) is -2.55. The van der Waals surface area contributed by atoms with Crippen LogP contribution >= 0.6 is 0 Å². The number of nitrogens with zero attached hydrogens (tertiary/aromatic N) is 1. The van der Waals surface area contributed by atoms with Crippen LogP contribution in [0.25, 0.3) is 0 Å². The molecule has 1 aliphatic rings. The Labute approximate surface area is 183 Å². The monoisotopic (exact) mass is 463 g/mol. The summed E-state index contributed by atoms with van der Waals surface area (Å²) in [5.41, 5.74) is -2.49. The van der Waals surface area contributed by atoms with Gasteiger partial charge in [-0.1, -0.05) is 0 Å². The fourth-order valence-corrected chi connectivity index (χ4v) is 3.21. The topological polar surface area (TPSA) is 106 Å². The zero-order valence-electron chi connectivity index (χ0n) is 18.5. The van der Waals surface area contributed by atoms with E-state index in [4.69, 9.17) is 14.2 Å². The number of hydrogen-bond donors (Lipinski definition) is 2. The lowest BCUT2D eigenvalue weighted by molar-refractivity contribution is -0.137. The van der Waals surface area contributed by atoms with E-state index in [-0.39, 0.29) is 19.6 Å². The van der Waals surface area contributed by atoms with Gasteiger partial charge in [0.05, 0.1) is 30.4 Å². The molecule has 0 saturated carbocycles. The van der Waals surface area contributed by atoms with Crippen LogP contribution in [0.5, 0.6) is 11.5 Å². The number of carbonyl (C=O) groups excluding carboxylic acids is 1. The van der Waals surface area contributed by atoms with E-state index < -0.39 is 64.7 Å². The number of β-amino-alcohol motifs (C(OH)–C–C–N with tert-alkyl or cyclic N) is 1. The van der Waals surface area contributed by atoms with Crippen LogP contribution in [-0.4, -0.2) is 64.2 Å². The third kappa shape index (κ3) is 6.65. The standard InChI is InChI=1S/C21H28F3NO7/c1-11(2)31-16-7-12(21(22,23)24)6-15(17(16)18(27)28)30-10-13-8-14(26)9-25(13)19(29)32-20(3,4)5/h6-7,11,13-14,26H,8-10H2,1-5H3,(H,27,28)/t13-,14-/m1/s1. The minimum Gasteiger partial charge on any atom is -0.490 e. The Bertz CT molecular complexity index is 849. The maximum absolute atomic E-state index is 13.4. The first-order chi connectivity index (χ1) is 14.6. The van der Waals surface area contributed by atoms with E-state index in [1.54, 1.807) is 34.6 Å². The van der Waals surface area contributed by atoms with E-state index in [0.717, 1.165) is 0 Å². The molecule has 0 spiro atoms. The molecular formula is C21H28F3NO7. The number of benzene rings is 1. The molecule has 0 aliphatic carbocycles. The summed E-state index contributed by atoms with van der Waals surface area (Å²) in [6, 6.07) is 0.466. The number of aromatic carboxylic acids is 1. The van der Waals surface area contributed by atoms with Gasteiger partial charge in [-0.15, -0.1) is 0 Å². The van der Waals surface area contributed by atoms with Crippen LogP contribution < -0.4 is 9.47 Å². The van der Waals surface area contributed by atoms with Crippen LogP contribution in [0.3, 0.4) is 0 Å². The average molecular weight is 463 g/mol. The Kier molecular flexibility index (Phi) is 7.54. The van der Waals surface area contributed by atoms with Crippen molar-refractivity contribution in [3.8, 4) is 11.5 Å². The first kappa shape index (κ1) is 25.6. The van der Waals surface area contributed by atoms with Gasteiger partial charge < -0.3 is 24.4 Å². The molecule has 1 aliphatic heterocycles. The summed E-state index contributed by atoms with van der Waals surface area (Å²) in [6.07, 6.45) is -6.85. The van der Waals surface area contributed by atoms with Crippen LogP contribution in [0.4, 0.5) is 18.0 Å². The number of halogens is 3. The number of ether oxygens (including phenoxy) is 3. The van der Waals surface area contributed by atoms with E-state index in [1.807, 2.05) is 0 Å². The second-order valence-corrected chi connectivity index (χ2v) is 8.80. The third-order valence-electron chi connectivity index (χ3n) is 4.42. The van der Waals surface area contributed by atoms with Gasteiger partial charge >= 0.3 is 18.2 Å². The Balaban J connectivity index is 2.35. The van der Waals surface area contributed by atoms with Gasteiger partial charge in [-0.3, -0.25) is 4.90 Å². The van der Waals surface area contributed by atoms with Crippen molar-refractivity contribution in [1.82, 2.24) is 4.90 Å². The normalized spacial score (nSPS) is 19.2. The number of aliphatic hydroxyl groups excluding tert-OH is 1. The summed E-state index contributed by atoms with van der Waals surface area (Å²) in [7, 11) is 0. The van der Waals surface area contributed by atoms with Gasteiger partial charge in [0.25, 0.3) is 0 Å². The van der Waals surface area contributed by atoms with E-state index in [1.165, 1.54) is 4.90 Å². The largest absolute Gasteiger partial charge is 0.490 e. The van der Waals surface area contributed by atoms with Crippen molar-refractivity contribution >= 4 is 12.1 Å². The fourth-order valence-electron chi connectivity index (χ4n) is 3.21. The molecule has 2 rings (SSSR count). The highest BCUT2D eigenvalue weighted by molar-refractivity contribution is 5.94. The summed E-state index contributed by atoms with van der Waals surface area (Å²) in [4.78, 5) is 25.5.